The van der Waals surface area contributed by atoms with E-state index in [1.54, 1.807) is 0 Å². The molecule has 0 saturated heterocycles. The number of hydrogen-bond donors (Lipinski definition) is 1. The van der Waals surface area contributed by atoms with E-state index in [1.807, 2.05) is 0 Å². The van der Waals surface area contributed by atoms with E-state index in [1.165, 1.54) is 0 Å². The summed E-state index contributed by atoms with van der Waals surface area (Å²) in [4.78, 5) is 11.8. The highest BCUT2D eigenvalue weighted by atomic mass is 19.4. The van der Waals surface area contributed by atoms with E-state index in [2.05, 4.69) is 0 Å². The van der Waals surface area contributed by atoms with Crippen LogP contribution in [0.4, 0.5) is 18.9 Å². The lowest BCUT2D eigenvalue weighted by Crippen LogP contribution is -2.10. The van der Waals surface area contributed by atoms with Crippen LogP contribution in [0, 0.1) is 5.92 Å². The molecule has 98 valence electrons. The third-order valence-electron chi connectivity index (χ3n) is 3.16. The van der Waals surface area contributed by atoms with E-state index in [4.69, 9.17) is 5.73 Å². The van der Waals surface area contributed by atoms with Crippen molar-refractivity contribution >= 4 is 11.5 Å². The minimum atomic E-state index is -4.45. The Balaban J connectivity index is 2.16. The highest BCUT2D eigenvalue weighted by molar-refractivity contribution is 6.00. The van der Waals surface area contributed by atoms with Gasteiger partial charge < -0.3 is 5.73 Å². The van der Waals surface area contributed by atoms with E-state index in [-0.39, 0.29) is 23.5 Å². The van der Waals surface area contributed by atoms with Crippen molar-refractivity contribution in [3.05, 3.63) is 29.3 Å². The Bertz CT molecular complexity index is 464. The zero-order valence-electron chi connectivity index (χ0n) is 9.76. The fraction of sp³-hybridized carbons (Fsp3) is 0.462. The largest absolute Gasteiger partial charge is 0.416 e. The zero-order valence-corrected chi connectivity index (χ0v) is 9.76. The summed E-state index contributed by atoms with van der Waals surface area (Å²) in [7, 11) is 0. The molecule has 0 aliphatic heterocycles. The molecule has 0 aromatic heterocycles. The number of rotatable bonds is 4. The number of halogens is 3. The minimum absolute atomic E-state index is 0.00882. The van der Waals surface area contributed by atoms with Crippen molar-refractivity contribution < 1.29 is 18.0 Å². The monoisotopic (exact) mass is 257 g/mol. The number of hydrogen-bond acceptors (Lipinski definition) is 2. The lowest BCUT2D eigenvalue weighted by Gasteiger charge is -2.10. The smallest absolute Gasteiger partial charge is 0.398 e. The molecule has 2 rings (SSSR count). The highest BCUT2D eigenvalue weighted by Gasteiger charge is 2.31. The number of nitrogen functional groups attached to an aromatic ring is 1. The molecule has 0 amide bonds. The van der Waals surface area contributed by atoms with Crippen LogP contribution in [-0.4, -0.2) is 5.78 Å². The zero-order chi connectivity index (χ0) is 13.3. The molecule has 1 aromatic carbocycles. The topological polar surface area (TPSA) is 43.1 Å². The van der Waals surface area contributed by atoms with Crippen LogP contribution in [0.3, 0.4) is 0 Å². The van der Waals surface area contributed by atoms with Crippen LogP contribution in [0.25, 0.3) is 0 Å². The Morgan fingerprint density at radius 2 is 2.00 bits per heavy atom. The van der Waals surface area contributed by atoms with Gasteiger partial charge in [0.1, 0.15) is 0 Å². The van der Waals surface area contributed by atoms with Crippen LogP contribution in [0.2, 0.25) is 0 Å². The first-order chi connectivity index (χ1) is 8.38. The summed E-state index contributed by atoms with van der Waals surface area (Å²) in [5.41, 5.74) is 4.85. The quantitative estimate of drug-likeness (QED) is 0.660. The maximum Gasteiger partial charge on any atom is 0.416 e. The standard InChI is InChI=1S/C13H14F3NO/c14-13(15,16)9-4-5-11(17)10(7-9)12(18)6-3-8-1-2-8/h4-5,7-8H,1-3,6,17H2. The molecule has 1 saturated carbocycles. The average Bonchev–Trinajstić information content (AvgIpc) is 3.08. The first-order valence-corrected chi connectivity index (χ1v) is 5.88. The number of carbonyl (C=O) groups is 1. The van der Waals surface area contributed by atoms with Crippen molar-refractivity contribution in [3.63, 3.8) is 0 Å². The van der Waals surface area contributed by atoms with E-state index in [9.17, 15) is 18.0 Å². The van der Waals surface area contributed by atoms with Crippen LogP contribution in [0.1, 0.15) is 41.6 Å². The molecular weight excluding hydrogens is 243 g/mol. The van der Waals surface area contributed by atoms with E-state index in [0.717, 1.165) is 37.5 Å². The van der Waals surface area contributed by atoms with Gasteiger partial charge in [0.05, 0.1) is 5.56 Å². The van der Waals surface area contributed by atoms with Gasteiger partial charge in [0.2, 0.25) is 0 Å². The minimum Gasteiger partial charge on any atom is -0.398 e. The molecule has 0 spiro atoms. The van der Waals surface area contributed by atoms with Gasteiger partial charge in [-0.3, -0.25) is 4.79 Å². The van der Waals surface area contributed by atoms with Crippen LogP contribution in [0.5, 0.6) is 0 Å². The second-order valence-corrected chi connectivity index (χ2v) is 4.71. The SMILES string of the molecule is Nc1ccc(C(F)(F)F)cc1C(=O)CCC1CC1. The second kappa shape index (κ2) is 4.63. The summed E-state index contributed by atoms with van der Waals surface area (Å²) < 4.78 is 37.6. The summed E-state index contributed by atoms with van der Waals surface area (Å²) in [6.45, 7) is 0. The van der Waals surface area contributed by atoms with Gasteiger partial charge in [-0.25, -0.2) is 0 Å². The number of anilines is 1. The Morgan fingerprint density at radius 1 is 1.33 bits per heavy atom. The van der Waals surface area contributed by atoms with Crippen LogP contribution < -0.4 is 5.73 Å². The molecule has 1 aromatic rings. The van der Waals surface area contributed by atoms with Crippen molar-refractivity contribution in [2.75, 3.05) is 5.73 Å². The Hall–Kier alpha value is -1.52. The van der Waals surface area contributed by atoms with E-state index in [0.29, 0.717) is 5.92 Å². The van der Waals surface area contributed by atoms with Crippen LogP contribution in [0.15, 0.2) is 18.2 Å². The molecule has 2 nitrogen and oxygen atoms in total. The van der Waals surface area contributed by atoms with Crippen molar-refractivity contribution in [1.29, 1.82) is 0 Å². The summed E-state index contributed by atoms with van der Waals surface area (Å²) >= 11 is 0. The van der Waals surface area contributed by atoms with Crippen molar-refractivity contribution in [2.45, 2.75) is 31.9 Å². The molecule has 1 aliphatic rings. The number of nitrogens with two attached hydrogens (primary N) is 1. The number of alkyl halides is 3. The van der Waals surface area contributed by atoms with Gasteiger partial charge >= 0.3 is 6.18 Å². The summed E-state index contributed by atoms with van der Waals surface area (Å²) in [5, 5.41) is 0. The van der Waals surface area contributed by atoms with Crippen molar-refractivity contribution in [2.24, 2.45) is 5.92 Å². The van der Waals surface area contributed by atoms with Gasteiger partial charge in [0.15, 0.2) is 5.78 Å². The third kappa shape index (κ3) is 3.03. The predicted molar refractivity (Wildman–Crippen MR) is 62.1 cm³/mol. The molecule has 0 bridgehead atoms. The fourth-order valence-electron chi connectivity index (χ4n) is 1.85. The molecular formula is C13H14F3NO. The first-order valence-electron chi connectivity index (χ1n) is 5.88. The van der Waals surface area contributed by atoms with E-state index < -0.39 is 11.7 Å². The Kier molecular flexibility index (Phi) is 3.32. The van der Waals surface area contributed by atoms with Crippen LogP contribution in [-0.2, 0) is 6.18 Å². The van der Waals surface area contributed by atoms with Gasteiger partial charge in [0, 0.05) is 17.7 Å². The molecule has 5 heteroatoms. The molecule has 0 unspecified atom stereocenters. The average molecular weight is 257 g/mol. The Labute approximate surface area is 103 Å². The summed E-state index contributed by atoms with van der Waals surface area (Å²) in [6.07, 6.45) is -1.19. The van der Waals surface area contributed by atoms with Gasteiger partial charge in [0.25, 0.3) is 0 Å². The lowest BCUT2D eigenvalue weighted by molar-refractivity contribution is -0.137. The van der Waals surface area contributed by atoms with Crippen molar-refractivity contribution in [1.82, 2.24) is 0 Å². The van der Waals surface area contributed by atoms with Gasteiger partial charge in [-0.15, -0.1) is 0 Å². The Morgan fingerprint density at radius 3 is 2.56 bits per heavy atom. The maximum absolute atomic E-state index is 12.5. The van der Waals surface area contributed by atoms with Gasteiger partial charge in [-0.2, -0.15) is 13.2 Å². The second-order valence-electron chi connectivity index (χ2n) is 4.71. The lowest BCUT2D eigenvalue weighted by atomic mass is 10.0. The molecule has 0 atom stereocenters. The maximum atomic E-state index is 12.5. The predicted octanol–water partition coefficient (Wildman–Crippen LogP) is 3.66. The number of benzene rings is 1. The molecule has 0 heterocycles. The first kappa shape index (κ1) is 12.9. The summed E-state index contributed by atoms with van der Waals surface area (Å²) in [5.74, 6) is 0.270. The normalized spacial score (nSPS) is 15.7. The third-order valence-corrected chi connectivity index (χ3v) is 3.16. The number of ketones is 1. The molecule has 2 N–H and O–H groups in total. The molecule has 0 radical (unpaired) electrons. The van der Waals surface area contributed by atoms with Crippen molar-refractivity contribution in [3.8, 4) is 0 Å². The number of carbonyl (C=O) groups excluding carboxylic acids is 1. The van der Waals surface area contributed by atoms with Gasteiger partial charge in [-0.05, 0) is 30.5 Å². The number of Topliss-reactive ketones (excluding diaryl/α,β-unsaturated/α-hetero) is 1. The highest BCUT2D eigenvalue weighted by Crippen LogP contribution is 2.35. The summed E-state index contributed by atoms with van der Waals surface area (Å²) in [6, 6.07) is 2.89. The molecule has 1 aliphatic carbocycles. The fourth-order valence-corrected chi connectivity index (χ4v) is 1.85. The van der Waals surface area contributed by atoms with E-state index >= 15 is 0 Å². The molecule has 18 heavy (non-hydrogen) atoms. The van der Waals surface area contributed by atoms with Crippen LogP contribution >= 0.6 is 0 Å². The molecule has 1 fully saturated rings. The van der Waals surface area contributed by atoms with Gasteiger partial charge in [-0.1, -0.05) is 12.8 Å².